The van der Waals surface area contributed by atoms with Crippen LogP contribution in [0.25, 0.3) is 0 Å². The van der Waals surface area contributed by atoms with Crippen LogP contribution in [-0.4, -0.2) is 23.8 Å². The van der Waals surface area contributed by atoms with E-state index in [1.807, 2.05) is 13.0 Å². The third kappa shape index (κ3) is 3.67. The Bertz CT molecular complexity index is 533. The Balaban J connectivity index is 2.28. The molecule has 126 valence electrons. The molecule has 2 aliphatic rings. The minimum absolute atomic E-state index is 0.130. The fraction of sp³-hybridized carbons (Fsp3) is 0.684. The quantitative estimate of drug-likeness (QED) is 0.461. The summed E-state index contributed by atoms with van der Waals surface area (Å²) in [5, 5.41) is 21.0. The topological polar surface area (TPSA) is 70.3 Å². The highest BCUT2D eigenvalue weighted by atomic mass is 16.5. The summed E-state index contributed by atoms with van der Waals surface area (Å²) in [7, 11) is 1.35. The second-order valence-electron chi connectivity index (χ2n) is 6.78. The van der Waals surface area contributed by atoms with Crippen molar-refractivity contribution in [3.05, 3.63) is 23.8 Å². The molecule has 0 aromatic heterocycles. The van der Waals surface area contributed by atoms with Gasteiger partial charge in [0.25, 0.3) is 0 Å². The largest absolute Gasteiger partial charge is 0.466 e. The lowest BCUT2D eigenvalue weighted by atomic mass is 9.68. The average Bonchev–Trinajstić information content (AvgIpc) is 3.40. The number of esters is 1. The van der Waals surface area contributed by atoms with Crippen molar-refractivity contribution in [2.45, 2.75) is 63.9 Å². The van der Waals surface area contributed by atoms with Gasteiger partial charge in [-0.05, 0) is 43.6 Å². The molecule has 0 heterocycles. The fourth-order valence-corrected chi connectivity index (χ4v) is 3.67. The summed E-state index contributed by atoms with van der Waals surface area (Å²) < 4.78 is 4.67. The molecule has 0 aromatic carbocycles. The number of hydrogen-bond donors (Lipinski definition) is 1. The van der Waals surface area contributed by atoms with Crippen molar-refractivity contribution < 1.29 is 14.6 Å². The van der Waals surface area contributed by atoms with Gasteiger partial charge in [0, 0.05) is 6.08 Å². The lowest BCUT2D eigenvalue weighted by molar-refractivity contribution is -0.134. The van der Waals surface area contributed by atoms with Gasteiger partial charge in [0.1, 0.15) is 5.60 Å². The molecule has 2 aliphatic carbocycles. The Morgan fingerprint density at radius 1 is 1.39 bits per heavy atom. The van der Waals surface area contributed by atoms with Gasteiger partial charge in [0.2, 0.25) is 0 Å². The maximum Gasteiger partial charge on any atom is 0.330 e. The maximum atomic E-state index is 11.4. The third-order valence-electron chi connectivity index (χ3n) is 5.42. The number of nitrogens with zero attached hydrogens (tertiary/aromatic N) is 1. The van der Waals surface area contributed by atoms with E-state index in [0.29, 0.717) is 6.42 Å². The first-order chi connectivity index (χ1) is 11.0. The maximum absolute atomic E-state index is 11.4. The first-order valence-corrected chi connectivity index (χ1v) is 8.62. The van der Waals surface area contributed by atoms with Crippen molar-refractivity contribution >= 4 is 5.97 Å². The first kappa shape index (κ1) is 17.7. The lowest BCUT2D eigenvalue weighted by Crippen LogP contribution is -2.45. The second-order valence-corrected chi connectivity index (χ2v) is 6.78. The SMILES string of the molecule is CCC(C=CC(O)(C1CCCCC1)C1(C#N)CC1)=CC(=O)OC. The van der Waals surface area contributed by atoms with Crippen LogP contribution in [0.1, 0.15) is 58.3 Å². The van der Waals surface area contributed by atoms with Crippen molar-refractivity contribution in [3.8, 4) is 6.07 Å². The van der Waals surface area contributed by atoms with Crippen LogP contribution in [0.2, 0.25) is 0 Å². The molecule has 2 saturated carbocycles. The fourth-order valence-electron chi connectivity index (χ4n) is 3.67. The molecule has 0 bridgehead atoms. The van der Waals surface area contributed by atoms with E-state index in [4.69, 9.17) is 0 Å². The summed E-state index contributed by atoms with van der Waals surface area (Å²) in [6.45, 7) is 1.95. The molecule has 0 saturated heterocycles. The standard InChI is InChI=1S/C19H27NO3/c1-3-15(13-17(21)23-2)9-10-19(22,18(14-20)11-12-18)16-7-5-4-6-8-16/h9-10,13,16,22H,3-8,11-12H2,1-2H3. The predicted molar refractivity (Wildman–Crippen MR) is 88.3 cm³/mol. The van der Waals surface area contributed by atoms with Gasteiger partial charge in [0.15, 0.2) is 0 Å². The van der Waals surface area contributed by atoms with Gasteiger partial charge in [-0.3, -0.25) is 0 Å². The number of carbonyl (C=O) groups excluding carboxylic acids is 1. The van der Waals surface area contributed by atoms with E-state index in [1.54, 1.807) is 6.08 Å². The van der Waals surface area contributed by atoms with Gasteiger partial charge in [0.05, 0.1) is 18.6 Å². The van der Waals surface area contributed by atoms with Crippen molar-refractivity contribution in [2.24, 2.45) is 11.3 Å². The Labute approximate surface area is 138 Å². The molecule has 4 nitrogen and oxygen atoms in total. The van der Waals surface area contributed by atoms with Gasteiger partial charge in [-0.1, -0.05) is 38.3 Å². The monoisotopic (exact) mass is 317 g/mol. The molecule has 0 aliphatic heterocycles. The number of carbonyl (C=O) groups is 1. The smallest absolute Gasteiger partial charge is 0.330 e. The molecule has 0 amide bonds. The number of ether oxygens (including phenoxy) is 1. The van der Waals surface area contributed by atoms with E-state index >= 15 is 0 Å². The van der Waals surface area contributed by atoms with E-state index in [1.165, 1.54) is 19.6 Å². The van der Waals surface area contributed by atoms with Crippen LogP contribution < -0.4 is 0 Å². The van der Waals surface area contributed by atoms with Crippen LogP contribution in [0.4, 0.5) is 0 Å². The van der Waals surface area contributed by atoms with Crippen molar-refractivity contribution in [3.63, 3.8) is 0 Å². The summed E-state index contributed by atoms with van der Waals surface area (Å²) in [4.78, 5) is 11.4. The van der Waals surface area contributed by atoms with Crippen molar-refractivity contribution in [1.29, 1.82) is 5.26 Å². The van der Waals surface area contributed by atoms with Gasteiger partial charge in [-0.15, -0.1) is 0 Å². The lowest BCUT2D eigenvalue weighted by Gasteiger charge is -2.40. The highest BCUT2D eigenvalue weighted by molar-refractivity contribution is 5.83. The summed E-state index contributed by atoms with van der Waals surface area (Å²) in [6, 6.07) is 2.37. The molecule has 1 atom stereocenters. The summed E-state index contributed by atoms with van der Waals surface area (Å²) in [5.74, 6) is -0.264. The van der Waals surface area contributed by atoms with Crippen LogP contribution >= 0.6 is 0 Å². The van der Waals surface area contributed by atoms with E-state index in [-0.39, 0.29) is 5.92 Å². The average molecular weight is 317 g/mol. The Kier molecular flexibility index (Phi) is 5.64. The normalized spacial score (nSPS) is 24.0. The molecular formula is C19H27NO3. The van der Waals surface area contributed by atoms with Gasteiger partial charge < -0.3 is 9.84 Å². The number of hydrogen-bond acceptors (Lipinski definition) is 4. The zero-order chi connectivity index (χ0) is 16.9. The van der Waals surface area contributed by atoms with Crippen LogP contribution in [0.3, 0.4) is 0 Å². The van der Waals surface area contributed by atoms with E-state index in [9.17, 15) is 15.2 Å². The zero-order valence-electron chi connectivity index (χ0n) is 14.2. The van der Waals surface area contributed by atoms with E-state index in [2.05, 4.69) is 10.8 Å². The Morgan fingerprint density at radius 2 is 2.04 bits per heavy atom. The van der Waals surface area contributed by atoms with Crippen LogP contribution in [-0.2, 0) is 9.53 Å². The molecule has 23 heavy (non-hydrogen) atoms. The van der Waals surface area contributed by atoms with Crippen molar-refractivity contribution in [1.82, 2.24) is 0 Å². The molecule has 0 radical (unpaired) electrons. The molecule has 1 N–H and O–H groups in total. The summed E-state index contributed by atoms with van der Waals surface area (Å²) in [5.41, 5.74) is -0.929. The highest BCUT2D eigenvalue weighted by Gasteiger charge is 2.61. The molecule has 0 aromatic rings. The summed E-state index contributed by atoms with van der Waals surface area (Å²) in [6.07, 6.45) is 12.6. The van der Waals surface area contributed by atoms with Gasteiger partial charge in [-0.25, -0.2) is 4.79 Å². The third-order valence-corrected chi connectivity index (χ3v) is 5.42. The van der Waals surface area contributed by atoms with Crippen molar-refractivity contribution in [2.75, 3.05) is 7.11 Å². The number of rotatable bonds is 6. The Hall–Kier alpha value is -1.60. The van der Waals surface area contributed by atoms with E-state index < -0.39 is 17.0 Å². The minimum atomic E-state index is -1.09. The second kappa shape index (κ2) is 7.31. The molecule has 4 heteroatoms. The molecular weight excluding hydrogens is 290 g/mol. The number of nitriles is 1. The highest BCUT2D eigenvalue weighted by Crippen LogP contribution is 2.59. The van der Waals surface area contributed by atoms with Gasteiger partial charge >= 0.3 is 5.97 Å². The van der Waals surface area contributed by atoms with Crippen LogP contribution in [0.15, 0.2) is 23.8 Å². The first-order valence-electron chi connectivity index (χ1n) is 8.62. The molecule has 2 rings (SSSR count). The van der Waals surface area contributed by atoms with Gasteiger partial charge in [-0.2, -0.15) is 5.26 Å². The predicted octanol–water partition coefficient (Wildman–Crippen LogP) is 3.67. The molecule has 0 spiro atoms. The minimum Gasteiger partial charge on any atom is -0.466 e. The number of aliphatic hydroxyl groups is 1. The molecule has 1 unspecified atom stereocenters. The Morgan fingerprint density at radius 3 is 2.52 bits per heavy atom. The number of methoxy groups -OCH3 is 1. The zero-order valence-corrected chi connectivity index (χ0v) is 14.2. The van der Waals surface area contributed by atoms with E-state index in [0.717, 1.165) is 44.1 Å². The van der Waals surface area contributed by atoms with Crippen LogP contribution in [0, 0.1) is 22.7 Å². The number of allylic oxidation sites excluding steroid dienone is 2. The molecule has 2 fully saturated rings. The summed E-state index contributed by atoms with van der Waals surface area (Å²) >= 11 is 0. The van der Waals surface area contributed by atoms with Crippen LogP contribution in [0.5, 0.6) is 0 Å².